The second kappa shape index (κ2) is 4.50. The molecule has 0 radical (unpaired) electrons. The lowest BCUT2D eigenvalue weighted by Gasteiger charge is -2.24. The van der Waals surface area contributed by atoms with Gasteiger partial charge in [0.25, 0.3) is 0 Å². The molecule has 1 aromatic rings. The quantitative estimate of drug-likeness (QED) is 0.831. The van der Waals surface area contributed by atoms with Gasteiger partial charge in [0.15, 0.2) is 0 Å². The summed E-state index contributed by atoms with van der Waals surface area (Å²) in [4.78, 5) is 0. The van der Waals surface area contributed by atoms with Crippen LogP contribution < -0.4 is 5.32 Å². The first-order valence-corrected chi connectivity index (χ1v) is 7.16. The van der Waals surface area contributed by atoms with Crippen molar-refractivity contribution in [2.24, 2.45) is 0 Å². The summed E-state index contributed by atoms with van der Waals surface area (Å²) >= 11 is 3.74. The number of piperidine rings is 1. The van der Waals surface area contributed by atoms with E-state index in [1.54, 1.807) is 16.7 Å². The second-order valence-electron chi connectivity index (χ2n) is 5.04. The molecule has 1 fully saturated rings. The van der Waals surface area contributed by atoms with Crippen LogP contribution in [0.4, 0.5) is 0 Å². The number of hydrogen-bond donors (Lipinski definition) is 1. The van der Waals surface area contributed by atoms with E-state index >= 15 is 0 Å². The third kappa shape index (κ3) is 1.93. The van der Waals surface area contributed by atoms with Gasteiger partial charge < -0.3 is 5.32 Å². The SMILES string of the molecule is Brc1cc(C2CCCNC2)cc2c1CCC2. The van der Waals surface area contributed by atoms with E-state index in [1.165, 1.54) is 43.1 Å². The number of fused-ring (bicyclic) bond motifs is 1. The third-order valence-electron chi connectivity index (χ3n) is 3.95. The summed E-state index contributed by atoms with van der Waals surface area (Å²) in [5.74, 6) is 0.732. The van der Waals surface area contributed by atoms with Crippen LogP contribution in [-0.2, 0) is 12.8 Å². The molecule has 1 aromatic carbocycles. The van der Waals surface area contributed by atoms with E-state index < -0.39 is 0 Å². The van der Waals surface area contributed by atoms with Gasteiger partial charge in [-0.2, -0.15) is 0 Å². The first-order chi connectivity index (χ1) is 7.84. The molecule has 0 aromatic heterocycles. The maximum absolute atomic E-state index is 3.74. The molecule has 0 amide bonds. The highest BCUT2D eigenvalue weighted by Gasteiger charge is 2.20. The first-order valence-electron chi connectivity index (χ1n) is 6.36. The van der Waals surface area contributed by atoms with Crippen molar-refractivity contribution in [3.63, 3.8) is 0 Å². The predicted molar refractivity (Wildman–Crippen MR) is 71.0 cm³/mol. The van der Waals surface area contributed by atoms with Crippen molar-refractivity contribution in [3.8, 4) is 0 Å². The van der Waals surface area contributed by atoms with Gasteiger partial charge in [-0.1, -0.05) is 22.0 Å². The molecule has 1 aliphatic heterocycles. The standard InChI is InChI=1S/C14H18BrN/c15-14-8-12(11-4-2-6-16-9-11)7-10-3-1-5-13(10)14/h7-8,11,16H,1-6,9H2. The largest absolute Gasteiger partial charge is 0.316 e. The van der Waals surface area contributed by atoms with Crippen LogP contribution >= 0.6 is 15.9 Å². The molecule has 86 valence electrons. The van der Waals surface area contributed by atoms with Crippen LogP contribution in [0, 0.1) is 0 Å². The van der Waals surface area contributed by atoms with Gasteiger partial charge in [-0.3, -0.25) is 0 Å². The Morgan fingerprint density at radius 3 is 2.94 bits per heavy atom. The number of benzene rings is 1. The average molecular weight is 280 g/mol. The smallest absolute Gasteiger partial charge is 0.0212 e. The second-order valence-corrected chi connectivity index (χ2v) is 5.89. The van der Waals surface area contributed by atoms with Gasteiger partial charge in [0.2, 0.25) is 0 Å². The van der Waals surface area contributed by atoms with E-state index in [1.807, 2.05) is 0 Å². The summed E-state index contributed by atoms with van der Waals surface area (Å²) in [7, 11) is 0. The van der Waals surface area contributed by atoms with Crippen LogP contribution in [0.15, 0.2) is 16.6 Å². The van der Waals surface area contributed by atoms with Gasteiger partial charge in [0, 0.05) is 11.0 Å². The van der Waals surface area contributed by atoms with E-state index in [0.29, 0.717) is 0 Å². The highest BCUT2D eigenvalue weighted by molar-refractivity contribution is 9.10. The van der Waals surface area contributed by atoms with Gasteiger partial charge in [-0.15, -0.1) is 0 Å². The minimum Gasteiger partial charge on any atom is -0.316 e. The van der Waals surface area contributed by atoms with Crippen molar-refractivity contribution in [2.75, 3.05) is 13.1 Å². The summed E-state index contributed by atoms with van der Waals surface area (Å²) in [6, 6.07) is 4.83. The Kier molecular flexibility index (Phi) is 3.03. The van der Waals surface area contributed by atoms with Gasteiger partial charge in [-0.25, -0.2) is 0 Å². The average Bonchev–Trinajstić information content (AvgIpc) is 2.79. The van der Waals surface area contributed by atoms with Crippen molar-refractivity contribution in [1.29, 1.82) is 0 Å². The molecule has 0 saturated carbocycles. The fourth-order valence-corrected chi connectivity index (χ4v) is 3.76. The molecule has 3 rings (SSSR count). The topological polar surface area (TPSA) is 12.0 Å². The van der Waals surface area contributed by atoms with E-state index in [9.17, 15) is 0 Å². The lowest BCUT2D eigenvalue weighted by atomic mass is 9.90. The molecule has 2 heteroatoms. The zero-order valence-corrected chi connectivity index (χ0v) is 11.1. The maximum Gasteiger partial charge on any atom is 0.0212 e. The van der Waals surface area contributed by atoms with Crippen molar-refractivity contribution < 1.29 is 0 Å². The van der Waals surface area contributed by atoms with Crippen LogP contribution in [0.25, 0.3) is 0 Å². The Morgan fingerprint density at radius 2 is 2.12 bits per heavy atom. The monoisotopic (exact) mass is 279 g/mol. The van der Waals surface area contributed by atoms with E-state index in [-0.39, 0.29) is 0 Å². The summed E-state index contributed by atoms with van der Waals surface area (Å²) < 4.78 is 1.35. The number of nitrogens with one attached hydrogen (secondary N) is 1. The third-order valence-corrected chi connectivity index (χ3v) is 4.66. The van der Waals surface area contributed by atoms with Gasteiger partial charge in [0.1, 0.15) is 0 Å². The molecule has 1 nitrogen and oxygen atoms in total. The van der Waals surface area contributed by atoms with Gasteiger partial charge in [0.05, 0.1) is 0 Å². The van der Waals surface area contributed by atoms with Crippen LogP contribution in [0.5, 0.6) is 0 Å². The van der Waals surface area contributed by atoms with Crippen molar-refractivity contribution in [1.82, 2.24) is 5.32 Å². The fraction of sp³-hybridized carbons (Fsp3) is 0.571. The van der Waals surface area contributed by atoms with Crippen molar-refractivity contribution in [3.05, 3.63) is 33.3 Å². The van der Waals surface area contributed by atoms with E-state index in [0.717, 1.165) is 12.5 Å². The molecule has 1 saturated heterocycles. The Morgan fingerprint density at radius 1 is 1.19 bits per heavy atom. The van der Waals surface area contributed by atoms with Crippen LogP contribution in [0.2, 0.25) is 0 Å². The Hall–Kier alpha value is -0.340. The fourth-order valence-electron chi connectivity index (χ4n) is 3.05. The molecule has 1 atom stereocenters. The zero-order valence-electron chi connectivity index (χ0n) is 9.56. The lowest BCUT2D eigenvalue weighted by Crippen LogP contribution is -2.28. The number of aryl methyl sites for hydroxylation is 1. The summed E-state index contributed by atoms with van der Waals surface area (Å²) in [6.07, 6.45) is 6.54. The number of rotatable bonds is 1. The molecule has 0 spiro atoms. The van der Waals surface area contributed by atoms with Gasteiger partial charge >= 0.3 is 0 Å². The highest BCUT2D eigenvalue weighted by atomic mass is 79.9. The zero-order chi connectivity index (χ0) is 11.0. The molecule has 1 heterocycles. The molecular formula is C14H18BrN. The summed E-state index contributed by atoms with van der Waals surface area (Å²) in [5.41, 5.74) is 4.70. The molecule has 0 bridgehead atoms. The highest BCUT2D eigenvalue weighted by Crippen LogP contribution is 2.34. The van der Waals surface area contributed by atoms with E-state index in [2.05, 4.69) is 33.4 Å². The lowest BCUT2D eigenvalue weighted by molar-refractivity contribution is 0.461. The normalized spacial score (nSPS) is 24.4. The molecule has 16 heavy (non-hydrogen) atoms. The molecular weight excluding hydrogens is 262 g/mol. The molecule has 1 aliphatic carbocycles. The summed E-state index contributed by atoms with van der Waals surface area (Å²) in [6.45, 7) is 2.35. The number of hydrogen-bond acceptors (Lipinski definition) is 1. The predicted octanol–water partition coefficient (Wildman–Crippen LogP) is 3.40. The van der Waals surface area contributed by atoms with Gasteiger partial charge in [-0.05, 0) is 67.3 Å². The summed E-state index contributed by atoms with van der Waals surface area (Å²) in [5, 5.41) is 3.51. The molecule has 1 N–H and O–H groups in total. The number of halogens is 1. The molecule has 2 aliphatic rings. The molecule has 1 unspecified atom stereocenters. The minimum atomic E-state index is 0.732. The van der Waals surface area contributed by atoms with Crippen LogP contribution in [0.3, 0.4) is 0 Å². The maximum atomic E-state index is 3.74. The Bertz CT molecular complexity index is 394. The van der Waals surface area contributed by atoms with Crippen LogP contribution in [-0.4, -0.2) is 13.1 Å². The first kappa shape index (κ1) is 10.8. The Balaban J connectivity index is 1.92. The van der Waals surface area contributed by atoms with Crippen molar-refractivity contribution in [2.45, 2.75) is 38.0 Å². The van der Waals surface area contributed by atoms with E-state index in [4.69, 9.17) is 0 Å². The van der Waals surface area contributed by atoms with Crippen molar-refractivity contribution >= 4 is 15.9 Å². The Labute approximate surface area is 106 Å². The minimum absolute atomic E-state index is 0.732. The van der Waals surface area contributed by atoms with Crippen LogP contribution in [0.1, 0.15) is 41.9 Å².